The second kappa shape index (κ2) is 9.73. The zero-order valence-electron chi connectivity index (χ0n) is 14.6. The van der Waals surface area contributed by atoms with E-state index >= 15 is 0 Å². The Hall–Kier alpha value is -2.90. The maximum atomic E-state index is 12.7. The lowest BCUT2D eigenvalue weighted by Crippen LogP contribution is -2.26. The van der Waals surface area contributed by atoms with Crippen LogP contribution in [0.3, 0.4) is 0 Å². The van der Waals surface area contributed by atoms with Gasteiger partial charge in [0.15, 0.2) is 0 Å². The van der Waals surface area contributed by atoms with Gasteiger partial charge >= 0.3 is 6.18 Å². The summed E-state index contributed by atoms with van der Waals surface area (Å²) in [6, 6.07) is 5.84. The summed E-state index contributed by atoms with van der Waals surface area (Å²) in [4.78, 5) is 22.4. The molecule has 0 aliphatic heterocycles. The van der Waals surface area contributed by atoms with Crippen molar-refractivity contribution in [1.29, 1.82) is 0 Å². The van der Waals surface area contributed by atoms with Crippen molar-refractivity contribution in [2.24, 2.45) is 0 Å². The Labute approximate surface area is 173 Å². The number of nitro groups is 1. The number of nitrogens with zero attached hydrogens (tertiary/aromatic N) is 1. The number of halogens is 4. The van der Waals surface area contributed by atoms with Crippen LogP contribution < -0.4 is 10.1 Å². The van der Waals surface area contributed by atoms with Crippen LogP contribution in [0.2, 0.25) is 5.02 Å². The number of rotatable bonds is 8. The number of hydrogen-bond acceptors (Lipinski definition) is 7. The van der Waals surface area contributed by atoms with Gasteiger partial charge in [-0.15, -0.1) is 0 Å². The van der Waals surface area contributed by atoms with Gasteiger partial charge in [-0.3, -0.25) is 19.1 Å². The minimum Gasteiger partial charge on any atom is -0.489 e. The van der Waals surface area contributed by atoms with Gasteiger partial charge in [-0.2, -0.15) is 13.2 Å². The highest BCUT2D eigenvalue weighted by Gasteiger charge is 2.31. The number of nitrogens with one attached hydrogen (secondary N) is 1. The van der Waals surface area contributed by atoms with Crippen molar-refractivity contribution in [2.45, 2.75) is 12.8 Å². The number of alkyl halides is 3. The lowest BCUT2D eigenvalue weighted by atomic mass is 10.1. The molecule has 0 unspecified atom stereocenters. The van der Waals surface area contributed by atoms with E-state index in [2.05, 4.69) is 4.18 Å². The van der Waals surface area contributed by atoms with Crippen molar-refractivity contribution in [3.05, 3.63) is 68.2 Å². The fourth-order valence-electron chi connectivity index (χ4n) is 2.19. The second-order valence-electron chi connectivity index (χ2n) is 5.53. The summed E-state index contributed by atoms with van der Waals surface area (Å²) in [6.45, 7) is -1.02. The molecule has 2 aromatic rings. The van der Waals surface area contributed by atoms with Crippen molar-refractivity contribution in [1.82, 2.24) is 5.32 Å². The van der Waals surface area contributed by atoms with Crippen LogP contribution in [0.25, 0.3) is 0 Å². The van der Waals surface area contributed by atoms with Gasteiger partial charge in [-0.25, -0.2) is 8.42 Å². The van der Waals surface area contributed by atoms with Crippen LogP contribution in [0.4, 0.5) is 18.9 Å². The van der Waals surface area contributed by atoms with Crippen LogP contribution in [-0.4, -0.2) is 26.0 Å². The zero-order valence-corrected chi connectivity index (χ0v) is 16.3. The highest BCUT2D eigenvalue weighted by atomic mass is 35.5. The van der Waals surface area contributed by atoms with E-state index in [4.69, 9.17) is 16.3 Å². The average molecular weight is 469 g/mol. The standard InChI is InChI=1S/C16H12ClF3N2O7S/c17-13-5-10(16(18,19)20)2-1-9(13)7-28-11-3-4-14(22(24)25)12(6-11)15(23)21-8-29-30(26)27/h1-6,30H,7-8H2,(H,21,23). The Balaban J connectivity index is 2.18. The van der Waals surface area contributed by atoms with E-state index in [0.717, 1.165) is 30.3 Å². The third-order valence-corrected chi connectivity index (χ3v) is 4.28. The van der Waals surface area contributed by atoms with E-state index < -0.39 is 51.5 Å². The summed E-state index contributed by atoms with van der Waals surface area (Å²) >= 11 is 5.84. The van der Waals surface area contributed by atoms with E-state index in [1.165, 1.54) is 6.07 Å². The first-order valence-electron chi connectivity index (χ1n) is 7.81. The van der Waals surface area contributed by atoms with Gasteiger partial charge in [0.25, 0.3) is 22.6 Å². The predicted molar refractivity (Wildman–Crippen MR) is 97.6 cm³/mol. The monoisotopic (exact) mass is 468 g/mol. The van der Waals surface area contributed by atoms with Crippen LogP contribution in [0.1, 0.15) is 21.5 Å². The summed E-state index contributed by atoms with van der Waals surface area (Å²) in [5, 5.41) is 12.9. The summed E-state index contributed by atoms with van der Waals surface area (Å²) in [5.74, 6) is -1.02. The number of carbonyl (C=O) groups excluding carboxylic acids is 1. The fraction of sp³-hybridized carbons (Fsp3) is 0.188. The number of benzene rings is 2. The normalized spacial score (nSPS) is 11.4. The molecule has 0 heterocycles. The van der Waals surface area contributed by atoms with Crippen LogP contribution >= 0.6 is 11.6 Å². The lowest BCUT2D eigenvalue weighted by molar-refractivity contribution is -0.385. The lowest BCUT2D eigenvalue weighted by Gasteiger charge is -2.12. The molecule has 2 rings (SSSR count). The maximum absolute atomic E-state index is 12.7. The van der Waals surface area contributed by atoms with Crippen LogP contribution in [0, 0.1) is 10.1 Å². The quantitative estimate of drug-likeness (QED) is 0.264. The molecule has 0 aliphatic carbocycles. The fourth-order valence-corrected chi connectivity index (χ4v) is 2.60. The molecule has 0 bridgehead atoms. The molecule has 2 aromatic carbocycles. The summed E-state index contributed by atoms with van der Waals surface area (Å²) in [5.41, 5.74) is -1.76. The number of thiol groups is 1. The average Bonchev–Trinajstić information content (AvgIpc) is 2.65. The molecule has 0 spiro atoms. The van der Waals surface area contributed by atoms with Gasteiger partial charge in [-0.05, 0) is 24.3 Å². The van der Waals surface area contributed by atoms with E-state index in [1.54, 1.807) is 0 Å². The van der Waals surface area contributed by atoms with Gasteiger partial charge in [0, 0.05) is 16.7 Å². The minimum atomic E-state index is -4.56. The molecule has 14 heteroatoms. The molecule has 0 saturated heterocycles. The highest BCUT2D eigenvalue weighted by Crippen LogP contribution is 2.32. The van der Waals surface area contributed by atoms with Crippen LogP contribution in [0.15, 0.2) is 36.4 Å². The van der Waals surface area contributed by atoms with Crippen molar-refractivity contribution in [3.8, 4) is 5.75 Å². The first-order chi connectivity index (χ1) is 14.0. The minimum absolute atomic E-state index is 0.0162. The van der Waals surface area contributed by atoms with Gasteiger partial charge in [0.05, 0.1) is 10.5 Å². The third kappa shape index (κ3) is 6.30. The number of hydrogen-bond donors (Lipinski definition) is 2. The first kappa shape index (κ1) is 23.4. The Bertz CT molecular complexity index is 1040. The van der Waals surface area contributed by atoms with E-state index in [9.17, 15) is 36.5 Å². The van der Waals surface area contributed by atoms with Gasteiger partial charge in [-0.1, -0.05) is 17.7 Å². The van der Waals surface area contributed by atoms with E-state index in [0.29, 0.717) is 0 Å². The SMILES string of the molecule is O=C(NCO[SH](=O)=O)c1cc(OCc2ccc(C(F)(F)F)cc2Cl)ccc1[N+](=O)[O-]. The zero-order chi connectivity index (χ0) is 22.5. The Kier molecular flexibility index (Phi) is 7.59. The van der Waals surface area contributed by atoms with Crippen LogP contribution in [-0.2, 0) is 28.0 Å². The first-order valence-corrected chi connectivity index (χ1v) is 9.28. The van der Waals surface area contributed by atoms with Crippen molar-refractivity contribution < 1.29 is 40.2 Å². The molecule has 1 amide bonds. The molecule has 0 aliphatic rings. The van der Waals surface area contributed by atoms with Gasteiger partial charge < -0.3 is 10.1 Å². The maximum Gasteiger partial charge on any atom is 0.416 e. The largest absolute Gasteiger partial charge is 0.489 e. The number of nitro benzene ring substituents is 1. The number of carbonyl (C=O) groups is 1. The molecule has 0 atom stereocenters. The van der Waals surface area contributed by atoms with Gasteiger partial charge in [0.1, 0.15) is 24.7 Å². The van der Waals surface area contributed by atoms with Crippen LogP contribution in [0.5, 0.6) is 5.75 Å². The smallest absolute Gasteiger partial charge is 0.416 e. The molecule has 0 saturated carbocycles. The van der Waals surface area contributed by atoms with Crippen molar-refractivity contribution >= 4 is 34.2 Å². The Morgan fingerprint density at radius 1 is 1.20 bits per heavy atom. The molecule has 9 nitrogen and oxygen atoms in total. The van der Waals surface area contributed by atoms with Crippen molar-refractivity contribution in [2.75, 3.05) is 6.73 Å². The Morgan fingerprint density at radius 2 is 1.90 bits per heavy atom. The molecule has 0 radical (unpaired) electrons. The molecule has 162 valence electrons. The highest BCUT2D eigenvalue weighted by molar-refractivity contribution is 7.67. The van der Waals surface area contributed by atoms with Crippen molar-refractivity contribution in [3.63, 3.8) is 0 Å². The summed E-state index contributed by atoms with van der Waals surface area (Å²) in [6.07, 6.45) is -4.56. The third-order valence-electron chi connectivity index (χ3n) is 3.59. The molecular formula is C16H12ClF3N2O7S. The topological polar surface area (TPSA) is 125 Å². The molecule has 30 heavy (non-hydrogen) atoms. The van der Waals surface area contributed by atoms with E-state index in [1.807, 2.05) is 5.32 Å². The predicted octanol–water partition coefficient (Wildman–Crippen LogP) is 3.08. The molecule has 1 N–H and O–H groups in total. The summed E-state index contributed by atoms with van der Waals surface area (Å²) in [7, 11) is -3.23. The molecule has 0 aromatic heterocycles. The van der Waals surface area contributed by atoms with Gasteiger partial charge in [0.2, 0.25) is 0 Å². The molecule has 0 fully saturated rings. The number of amides is 1. The Morgan fingerprint density at radius 3 is 2.47 bits per heavy atom. The molecular weight excluding hydrogens is 457 g/mol. The second-order valence-corrected chi connectivity index (χ2v) is 6.64. The summed E-state index contributed by atoms with van der Waals surface area (Å²) < 4.78 is 68.2. The number of ether oxygens (including phenoxy) is 1. The van der Waals surface area contributed by atoms with E-state index in [-0.39, 0.29) is 22.9 Å².